The molecular weight excluding hydrogens is 200 g/mol. The third-order valence-corrected chi connectivity index (χ3v) is 2.79. The Morgan fingerprint density at radius 1 is 1.13 bits per heavy atom. The zero-order valence-electron chi connectivity index (χ0n) is 9.42. The lowest BCUT2D eigenvalue weighted by Crippen LogP contribution is -2.59. The summed E-state index contributed by atoms with van der Waals surface area (Å²) < 4.78 is 15.7. The van der Waals surface area contributed by atoms with Gasteiger partial charge in [-0.1, -0.05) is 6.92 Å². The van der Waals surface area contributed by atoms with Crippen molar-refractivity contribution in [2.45, 2.75) is 43.9 Å². The van der Waals surface area contributed by atoms with Crippen LogP contribution in [0.4, 0.5) is 0 Å². The summed E-state index contributed by atoms with van der Waals surface area (Å²) in [4.78, 5) is 0. The van der Waals surface area contributed by atoms with Gasteiger partial charge in [0.15, 0.2) is 0 Å². The van der Waals surface area contributed by atoms with E-state index in [9.17, 15) is 10.2 Å². The zero-order chi connectivity index (χ0) is 11.4. The van der Waals surface area contributed by atoms with Crippen LogP contribution in [-0.4, -0.2) is 61.6 Å². The molecule has 0 aromatic heterocycles. The number of aliphatic hydroxyl groups excluding tert-OH is 2. The average Bonchev–Trinajstić information content (AvgIpc) is 2.24. The van der Waals surface area contributed by atoms with Crippen LogP contribution >= 0.6 is 0 Å². The molecule has 1 rings (SSSR count). The monoisotopic (exact) mass is 220 g/mol. The van der Waals surface area contributed by atoms with Crippen LogP contribution in [-0.2, 0) is 14.2 Å². The maximum Gasteiger partial charge on any atom is 0.112 e. The minimum atomic E-state index is -0.960. The fourth-order valence-electron chi connectivity index (χ4n) is 1.94. The number of hydrogen-bond acceptors (Lipinski definition) is 5. The Kier molecular flexibility index (Phi) is 4.95. The Labute approximate surface area is 89.9 Å². The molecule has 90 valence electrons. The predicted octanol–water partition coefficient (Wildman–Crippen LogP) is -0.453. The largest absolute Gasteiger partial charge is 0.388 e. The van der Waals surface area contributed by atoms with Crippen molar-refractivity contribution in [2.24, 2.45) is 0 Å². The molecule has 0 amide bonds. The van der Waals surface area contributed by atoms with Gasteiger partial charge in [0.05, 0.1) is 12.7 Å². The number of aliphatic hydroxyl groups is 2. The molecule has 1 fully saturated rings. The Bertz CT molecular complexity index is 183. The molecule has 5 unspecified atom stereocenters. The number of rotatable bonds is 4. The van der Waals surface area contributed by atoms with Gasteiger partial charge in [-0.15, -0.1) is 0 Å². The second kappa shape index (κ2) is 5.77. The van der Waals surface area contributed by atoms with Crippen molar-refractivity contribution in [3.05, 3.63) is 0 Å². The van der Waals surface area contributed by atoms with Crippen LogP contribution in [0.5, 0.6) is 0 Å². The molecule has 1 aliphatic rings. The van der Waals surface area contributed by atoms with Gasteiger partial charge in [0.2, 0.25) is 0 Å². The highest BCUT2D eigenvalue weighted by atomic mass is 16.6. The van der Waals surface area contributed by atoms with Crippen LogP contribution < -0.4 is 0 Å². The highest BCUT2D eigenvalue weighted by Gasteiger charge is 2.43. The van der Waals surface area contributed by atoms with E-state index in [1.165, 1.54) is 14.2 Å². The number of methoxy groups -OCH3 is 2. The molecule has 0 saturated carbocycles. The van der Waals surface area contributed by atoms with Crippen LogP contribution in [0.1, 0.15) is 13.3 Å². The van der Waals surface area contributed by atoms with E-state index in [-0.39, 0.29) is 12.7 Å². The van der Waals surface area contributed by atoms with E-state index in [1.807, 2.05) is 6.92 Å². The maximum atomic E-state index is 9.83. The van der Waals surface area contributed by atoms with Gasteiger partial charge in [-0.05, 0) is 6.42 Å². The molecule has 1 aliphatic heterocycles. The molecule has 5 nitrogen and oxygen atoms in total. The molecule has 5 heteroatoms. The van der Waals surface area contributed by atoms with Crippen molar-refractivity contribution in [3.63, 3.8) is 0 Å². The van der Waals surface area contributed by atoms with Crippen LogP contribution in [0, 0.1) is 0 Å². The molecule has 0 aromatic carbocycles. The first-order valence-electron chi connectivity index (χ1n) is 5.19. The summed E-state index contributed by atoms with van der Waals surface area (Å²) in [6.45, 7) is 2.22. The number of ether oxygens (including phenoxy) is 3. The van der Waals surface area contributed by atoms with Gasteiger partial charge in [0.25, 0.3) is 0 Å². The lowest BCUT2D eigenvalue weighted by molar-refractivity contribution is -0.237. The van der Waals surface area contributed by atoms with Crippen molar-refractivity contribution < 1.29 is 24.4 Å². The summed E-state index contributed by atoms with van der Waals surface area (Å²) in [5.74, 6) is 0. The molecule has 0 bridgehead atoms. The fraction of sp³-hybridized carbons (Fsp3) is 1.00. The second-order valence-corrected chi connectivity index (χ2v) is 3.76. The fourth-order valence-corrected chi connectivity index (χ4v) is 1.94. The van der Waals surface area contributed by atoms with E-state index in [2.05, 4.69) is 0 Å². The van der Waals surface area contributed by atoms with Crippen LogP contribution in [0.3, 0.4) is 0 Å². The first-order chi connectivity index (χ1) is 7.15. The van der Waals surface area contributed by atoms with Crippen molar-refractivity contribution in [3.8, 4) is 0 Å². The topological polar surface area (TPSA) is 68.2 Å². The van der Waals surface area contributed by atoms with Crippen molar-refractivity contribution in [1.82, 2.24) is 0 Å². The summed E-state index contributed by atoms with van der Waals surface area (Å²) in [7, 11) is 3.04. The lowest BCUT2D eigenvalue weighted by atomic mass is 9.94. The van der Waals surface area contributed by atoms with E-state index < -0.39 is 24.4 Å². The van der Waals surface area contributed by atoms with Gasteiger partial charge in [0.1, 0.15) is 24.4 Å². The van der Waals surface area contributed by atoms with Gasteiger partial charge in [-0.2, -0.15) is 0 Å². The molecule has 15 heavy (non-hydrogen) atoms. The number of hydrogen-bond donors (Lipinski definition) is 2. The molecule has 0 radical (unpaired) electrons. The van der Waals surface area contributed by atoms with Crippen molar-refractivity contribution in [1.29, 1.82) is 0 Å². The first-order valence-corrected chi connectivity index (χ1v) is 5.19. The second-order valence-electron chi connectivity index (χ2n) is 3.76. The standard InChI is InChI=1S/C10H20O5/c1-4-6-10(14-3)9(12)8(11)7(15-6)5-13-2/h6-12H,4-5H2,1-3H3. The van der Waals surface area contributed by atoms with Crippen LogP contribution in [0.15, 0.2) is 0 Å². The van der Waals surface area contributed by atoms with Gasteiger partial charge in [-0.25, -0.2) is 0 Å². The smallest absolute Gasteiger partial charge is 0.112 e. The zero-order valence-corrected chi connectivity index (χ0v) is 9.42. The third-order valence-electron chi connectivity index (χ3n) is 2.79. The molecule has 5 atom stereocenters. The average molecular weight is 220 g/mol. The Hall–Kier alpha value is -0.200. The molecule has 1 saturated heterocycles. The quantitative estimate of drug-likeness (QED) is 0.671. The van der Waals surface area contributed by atoms with Crippen LogP contribution in [0.25, 0.3) is 0 Å². The first kappa shape index (κ1) is 12.9. The van der Waals surface area contributed by atoms with E-state index in [0.29, 0.717) is 0 Å². The normalized spacial score (nSPS) is 41.8. The third kappa shape index (κ3) is 2.68. The highest BCUT2D eigenvalue weighted by Crippen LogP contribution is 2.25. The molecule has 2 N–H and O–H groups in total. The van der Waals surface area contributed by atoms with Crippen LogP contribution in [0.2, 0.25) is 0 Å². The van der Waals surface area contributed by atoms with Crippen molar-refractivity contribution >= 4 is 0 Å². The van der Waals surface area contributed by atoms with E-state index in [4.69, 9.17) is 14.2 Å². The lowest BCUT2D eigenvalue weighted by Gasteiger charge is -2.41. The van der Waals surface area contributed by atoms with Gasteiger partial charge < -0.3 is 24.4 Å². The predicted molar refractivity (Wildman–Crippen MR) is 53.6 cm³/mol. The maximum absolute atomic E-state index is 9.83. The summed E-state index contributed by atoms with van der Waals surface area (Å²) in [5.41, 5.74) is 0. The Morgan fingerprint density at radius 3 is 2.27 bits per heavy atom. The highest BCUT2D eigenvalue weighted by molar-refractivity contribution is 4.92. The van der Waals surface area contributed by atoms with Gasteiger partial charge in [-0.3, -0.25) is 0 Å². The summed E-state index contributed by atoms with van der Waals surface area (Å²) in [6.07, 6.45) is -2.32. The van der Waals surface area contributed by atoms with E-state index in [0.717, 1.165) is 6.42 Å². The summed E-state index contributed by atoms with van der Waals surface area (Å²) in [5, 5.41) is 19.6. The Morgan fingerprint density at radius 2 is 1.80 bits per heavy atom. The molecule has 1 heterocycles. The van der Waals surface area contributed by atoms with Crippen molar-refractivity contribution in [2.75, 3.05) is 20.8 Å². The summed E-state index contributed by atoms with van der Waals surface area (Å²) >= 11 is 0. The van der Waals surface area contributed by atoms with E-state index >= 15 is 0 Å². The minimum absolute atomic E-state index is 0.200. The SMILES string of the molecule is CCC1OC(COC)C(O)C(O)C1OC. The van der Waals surface area contributed by atoms with Gasteiger partial charge in [0, 0.05) is 14.2 Å². The summed E-state index contributed by atoms with van der Waals surface area (Å²) in [6, 6.07) is 0. The molecule has 0 spiro atoms. The van der Waals surface area contributed by atoms with Gasteiger partial charge >= 0.3 is 0 Å². The Balaban J connectivity index is 2.68. The molecule has 0 aromatic rings. The molecule has 0 aliphatic carbocycles. The molecular formula is C10H20O5. The van der Waals surface area contributed by atoms with E-state index in [1.54, 1.807) is 0 Å². The minimum Gasteiger partial charge on any atom is -0.388 e.